The minimum absolute atomic E-state index is 0.0272. The second-order valence-corrected chi connectivity index (χ2v) is 6.72. The first-order chi connectivity index (χ1) is 10.8. The number of aryl methyl sites for hydroxylation is 3. The molecule has 23 heavy (non-hydrogen) atoms. The first kappa shape index (κ1) is 17.3. The summed E-state index contributed by atoms with van der Waals surface area (Å²) in [6.45, 7) is 12.7. The molecule has 4 heteroatoms. The highest BCUT2D eigenvalue weighted by Crippen LogP contribution is 2.18. The van der Waals surface area contributed by atoms with Gasteiger partial charge in [-0.3, -0.25) is 4.79 Å². The Labute approximate surface area is 138 Å². The summed E-state index contributed by atoms with van der Waals surface area (Å²) in [7, 11) is 0. The fraction of sp³-hybridized carbons (Fsp3) is 0.474. The third-order valence-corrected chi connectivity index (χ3v) is 4.10. The van der Waals surface area contributed by atoms with Crippen LogP contribution in [0.5, 0.6) is 0 Å². The number of benzene rings is 1. The van der Waals surface area contributed by atoms with Crippen LogP contribution in [0.15, 0.2) is 18.2 Å². The lowest BCUT2D eigenvalue weighted by atomic mass is 10.0. The van der Waals surface area contributed by atoms with Gasteiger partial charge in [0.2, 0.25) is 0 Å². The van der Waals surface area contributed by atoms with Crippen molar-refractivity contribution in [3.8, 4) is 0 Å². The molecule has 0 bridgehead atoms. The van der Waals surface area contributed by atoms with Gasteiger partial charge in [-0.25, -0.2) is 4.68 Å². The highest BCUT2D eigenvalue weighted by atomic mass is 16.2. The Balaban J connectivity index is 2.12. The van der Waals surface area contributed by atoms with Crippen LogP contribution in [0.1, 0.15) is 46.7 Å². The lowest BCUT2D eigenvalue weighted by molar-refractivity contribution is 0.0910. The van der Waals surface area contributed by atoms with Crippen molar-refractivity contribution in [2.75, 3.05) is 11.9 Å². The van der Waals surface area contributed by atoms with Crippen molar-refractivity contribution < 1.29 is 4.79 Å². The summed E-state index contributed by atoms with van der Waals surface area (Å²) >= 11 is 0. The molecule has 1 heterocycles. The van der Waals surface area contributed by atoms with Crippen LogP contribution in [-0.2, 0) is 6.42 Å². The van der Waals surface area contributed by atoms with Gasteiger partial charge in [-0.1, -0.05) is 31.5 Å². The molecule has 2 aromatic rings. The summed E-state index contributed by atoms with van der Waals surface area (Å²) < 4.78 is 1.55. The molecule has 0 aliphatic heterocycles. The maximum Gasteiger partial charge on any atom is 0.266 e. The SMILES string of the molecule is Cc1ccc(NCC(=O)n2nc(C)c(CC(C)C)c2C)c(C)c1. The van der Waals surface area contributed by atoms with E-state index in [9.17, 15) is 4.79 Å². The molecule has 0 amide bonds. The van der Waals surface area contributed by atoms with Gasteiger partial charge in [-0.15, -0.1) is 0 Å². The standard InChI is InChI=1S/C19H27N3O/c1-12(2)9-17-15(5)21-22(16(17)6)19(23)11-20-18-8-7-13(3)10-14(18)4/h7-8,10,12,20H,9,11H2,1-6H3. The lowest BCUT2D eigenvalue weighted by Crippen LogP contribution is -2.23. The molecule has 124 valence electrons. The summed E-state index contributed by atoms with van der Waals surface area (Å²) in [6.07, 6.45) is 0.954. The van der Waals surface area contributed by atoms with E-state index in [0.29, 0.717) is 5.92 Å². The molecule has 0 aliphatic carbocycles. The van der Waals surface area contributed by atoms with Crippen molar-refractivity contribution in [3.05, 3.63) is 46.3 Å². The van der Waals surface area contributed by atoms with Crippen LogP contribution in [0.4, 0.5) is 5.69 Å². The maximum atomic E-state index is 12.5. The van der Waals surface area contributed by atoms with Crippen LogP contribution in [0.3, 0.4) is 0 Å². The Kier molecular flexibility index (Phi) is 5.24. The fourth-order valence-electron chi connectivity index (χ4n) is 2.88. The second kappa shape index (κ2) is 6.99. The number of rotatable bonds is 5. The Hall–Kier alpha value is -2.10. The Bertz CT molecular complexity index is 714. The minimum atomic E-state index is -0.0272. The van der Waals surface area contributed by atoms with Gasteiger partial charge in [0.15, 0.2) is 0 Å². The number of nitrogens with one attached hydrogen (secondary N) is 1. The zero-order valence-corrected chi connectivity index (χ0v) is 15.0. The number of carbonyl (C=O) groups excluding carboxylic acids is 1. The fourth-order valence-corrected chi connectivity index (χ4v) is 2.88. The lowest BCUT2D eigenvalue weighted by Gasteiger charge is -2.10. The maximum absolute atomic E-state index is 12.5. The van der Waals surface area contributed by atoms with E-state index in [2.05, 4.69) is 37.3 Å². The summed E-state index contributed by atoms with van der Waals surface area (Å²) in [5, 5.41) is 7.66. The van der Waals surface area contributed by atoms with Gasteiger partial charge >= 0.3 is 0 Å². The van der Waals surface area contributed by atoms with E-state index < -0.39 is 0 Å². The number of aromatic nitrogens is 2. The predicted octanol–water partition coefficient (Wildman–Crippen LogP) is 4.07. The van der Waals surface area contributed by atoms with Crippen LogP contribution >= 0.6 is 0 Å². The smallest absolute Gasteiger partial charge is 0.266 e. The third-order valence-electron chi connectivity index (χ3n) is 4.10. The van der Waals surface area contributed by atoms with Crippen LogP contribution in [0.25, 0.3) is 0 Å². The van der Waals surface area contributed by atoms with Gasteiger partial charge in [0, 0.05) is 11.4 Å². The minimum Gasteiger partial charge on any atom is -0.376 e. The number of hydrogen-bond acceptors (Lipinski definition) is 3. The average molecular weight is 313 g/mol. The first-order valence-corrected chi connectivity index (χ1v) is 8.19. The molecule has 1 N–H and O–H groups in total. The summed E-state index contributed by atoms with van der Waals surface area (Å²) in [5.74, 6) is 0.522. The zero-order valence-electron chi connectivity index (χ0n) is 15.0. The normalized spacial score (nSPS) is 11.1. The molecular formula is C19H27N3O. The van der Waals surface area contributed by atoms with E-state index in [-0.39, 0.29) is 12.5 Å². The molecule has 0 unspecified atom stereocenters. The van der Waals surface area contributed by atoms with Crippen LogP contribution in [0, 0.1) is 33.6 Å². The number of nitrogens with zero attached hydrogens (tertiary/aromatic N) is 2. The Morgan fingerprint density at radius 1 is 1.22 bits per heavy atom. The molecule has 1 aromatic heterocycles. The monoisotopic (exact) mass is 313 g/mol. The summed E-state index contributed by atoms with van der Waals surface area (Å²) in [6, 6.07) is 6.17. The van der Waals surface area contributed by atoms with Gasteiger partial charge in [0.1, 0.15) is 0 Å². The van der Waals surface area contributed by atoms with Crippen molar-refractivity contribution in [3.63, 3.8) is 0 Å². The summed E-state index contributed by atoms with van der Waals surface area (Å²) in [5.41, 5.74) is 6.47. The van der Waals surface area contributed by atoms with E-state index in [1.54, 1.807) is 4.68 Å². The third kappa shape index (κ3) is 4.01. The van der Waals surface area contributed by atoms with E-state index in [4.69, 9.17) is 0 Å². The van der Waals surface area contributed by atoms with Crippen LogP contribution in [-0.4, -0.2) is 22.2 Å². The van der Waals surface area contributed by atoms with Gasteiger partial charge in [0.05, 0.1) is 12.2 Å². The molecule has 0 spiro atoms. The molecule has 0 radical (unpaired) electrons. The summed E-state index contributed by atoms with van der Waals surface area (Å²) in [4.78, 5) is 12.5. The molecule has 0 saturated heterocycles. The first-order valence-electron chi connectivity index (χ1n) is 8.19. The molecule has 0 atom stereocenters. The Morgan fingerprint density at radius 3 is 2.52 bits per heavy atom. The molecule has 0 aliphatic rings. The highest BCUT2D eigenvalue weighted by Gasteiger charge is 2.17. The van der Waals surface area contributed by atoms with Gasteiger partial charge in [-0.05, 0) is 57.2 Å². The topological polar surface area (TPSA) is 46.9 Å². The number of carbonyl (C=O) groups is 1. The molecule has 1 aromatic carbocycles. The molecule has 0 saturated carbocycles. The van der Waals surface area contributed by atoms with E-state index in [0.717, 1.165) is 29.1 Å². The highest BCUT2D eigenvalue weighted by molar-refractivity contribution is 5.83. The molecular weight excluding hydrogens is 286 g/mol. The van der Waals surface area contributed by atoms with Crippen molar-refractivity contribution >= 4 is 11.6 Å². The van der Waals surface area contributed by atoms with Gasteiger partial charge in [-0.2, -0.15) is 5.10 Å². The Morgan fingerprint density at radius 2 is 1.91 bits per heavy atom. The van der Waals surface area contributed by atoms with E-state index >= 15 is 0 Å². The van der Waals surface area contributed by atoms with Crippen molar-refractivity contribution in [2.45, 2.75) is 48.0 Å². The van der Waals surface area contributed by atoms with E-state index in [1.807, 2.05) is 32.9 Å². The average Bonchev–Trinajstić information content (AvgIpc) is 2.74. The zero-order chi connectivity index (χ0) is 17.1. The van der Waals surface area contributed by atoms with Crippen molar-refractivity contribution in [2.24, 2.45) is 5.92 Å². The largest absolute Gasteiger partial charge is 0.376 e. The van der Waals surface area contributed by atoms with Crippen LogP contribution in [0.2, 0.25) is 0 Å². The quantitative estimate of drug-likeness (QED) is 0.905. The predicted molar refractivity (Wildman–Crippen MR) is 95.3 cm³/mol. The molecule has 2 rings (SSSR count). The molecule has 4 nitrogen and oxygen atoms in total. The van der Waals surface area contributed by atoms with Gasteiger partial charge in [0.25, 0.3) is 5.91 Å². The van der Waals surface area contributed by atoms with Crippen molar-refractivity contribution in [1.29, 1.82) is 0 Å². The van der Waals surface area contributed by atoms with Gasteiger partial charge < -0.3 is 5.32 Å². The second-order valence-electron chi connectivity index (χ2n) is 6.72. The number of hydrogen-bond donors (Lipinski definition) is 1. The van der Waals surface area contributed by atoms with Crippen LogP contribution < -0.4 is 5.32 Å². The van der Waals surface area contributed by atoms with Crippen molar-refractivity contribution in [1.82, 2.24) is 9.78 Å². The number of anilines is 1. The van der Waals surface area contributed by atoms with E-state index in [1.165, 1.54) is 11.1 Å². The molecule has 0 fully saturated rings.